The van der Waals surface area contributed by atoms with Crippen molar-refractivity contribution in [3.05, 3.63) is 12.7 Å². The molecule has 1 atom stereocenters. The second-order valence-electron chi connectivity index (χ2n) is 4.56. The maximum Gasteiger partial charge on any atom is 0.411 e. The Bertz CT molecular complexity index is 325. The number of carbonyl (C=O) groups excluding carboxylic acids is 1. The van der Waals surface area contributed by atoms with Crippen LogP contribution in [0.4, 0.5) is 4.79 Å². The van der Waals surface area contributed by atoms with E-state index in [1.54, 1.807) is 0 Å². The maximum absolute atomic E-state index is 11.9. The van der Waals surface area contributed by atoms with Gasteiger partial charge < -0.3 is 9.84 Å². The van der Waals surface area contributed by atoms with Crippen LogP contribution in [0.2, 0.25) is 0 Å². The van der Waals surface area contributed by atoms with Gasteiger partial charge in [-0.25, -0.2) is 9.59 Å². The molecule has 0 aromatic rings. The number of hydrogen-bond acceptors (Lipinski definition) is 3. The SMILES string of the molecule is C=CCOC(=O)N1CCCCC1(CCC)C(=O)O. The van der Waals surface area contributed by atoms with Gasteiger partial charge in [0.2, 0.25) is 0 Å². The molecule has 0 aromatic carbocycles. The van der Waals surface area contributed by atoms with E-state index in [9.17, 15) is 14.7 Å². The van der Waals surface area contributed by atoms with Crippen molar-refractivity contribution in [2.45, 2.75) is 44.6 Å². The summed E-state index contributed by atoms with van der Waals surface area (Å²) in [6, 6.07) is 0. The average Bonchev–Trinajstić information content (AvgIpc) is 2.36. The van der Waals surface area contributed by atoms with Crippen molar-refractivity contribution in [2.24, 2.45) is 0 Å². The molecular formula is C13H21NO4. The smallest absolute Gasteiger partial charge is 0.411 e. The van der Waals surface area contributed by atoms with Crippen molar-refractivity contribution in [3.63, 3.8) is 0 Å². The van der Waals surface area contributed by atoms with Crippen LogP contribution in [0.1, 0.15) is 39.0 Å². The highest BCUT2D eigenvalue weighted by Gasteiger charge is 2.47. The lowest BCUT2D eigenvalue weighted by Gasteiger charge is -2.43. The van der Waals surface area contributed by atoms with E-state index in [0.717, 1.165) is 19.3 Å². The zero-order valence-electron chi connectivity index (χ0n) is 10.9. The van der Waals surface area contributed by atoms with Crippen molar-refractivity contribution in [2.75, 3.05) is 13.2 Å². The number of amides is 1. The normalized spacial score (nSPS) is 23.5. The van der Waals surface area contributed by atoms with E-state index in [1.165, 1.54) is 11.0 Å². The molecule has 1 fully saturated rings. The number of ether oxygens (including phenoxy) is 1. The first-order valence-corrected chi connectivity index (χ1v) is 6.37. The Hall–Kier alpha value is -1.52. The number of rotatable bonds is 5. The zero-order valence-corrected chi connectivity index (χ0v) is 10.9. The predicted octanol–water partition coefficient (Wildman–Crippen LogP) is 2.42. The van der Waals surface area contributed by atoms with Gasteiger partial charge in [0.15, 0.2) is 0 Å². The quantitative estimate of drug-likeness (QED) is 0.766. The summed E-state index contributed by atoms with van der Waals surface area (Å²) in [7, 11) is 0. The standard InChI is InChI=1S/C13H21NO4/c1-3-7-13(11(15)16)8-5-6-9-14(13)12(17)18-10-4-2/h4H,2-3,5-10H2,1H3,(H,15,16). The summed E-state index contributed by atoms with van der Waals surface area (Å²) in [6.07, 6.45) is 4.26. The summed E-state index contributed by atoms with van der Waals surface area (Å²) in [4.78, 5) is 24.9. The van der Waals surface area contributed by atoms with Gasteiger partial charge in [0.05, 0.1) is 0 Å². The average molecular weight is 255 g/mol. The Balaban J connectivity index is 2.91. The minimum atomic E-state index is -1.09. The molecule has 1 N–H and O–H groups in total. The number of hydrogen-bond donors (Lipinski definition) is 1. The molecule has 1 rings (SSSR count). The first-order valence-electron chi connectivity index (χ1n) is 6.37. The second kappa shape index (κ2) is 6.42. The van der Waals surface area contributed by atoms with E-state index < -0.39 is 17.6 Å². The van der Waals surface area contributed by atoms with Gasteiger partial charge in [-0.05, 0) is 25.7 Å². The molecule has 5 nitrogen and oxygen atoms in total. The Morgan fingerprint density at radius 1 is 1.50 bits per heavy atom. The van der Waals surface area contributed by atoms with E-state index in [-0.39, 0.29) is 6.61 Å². The summed E-state index contributed by atoms with van der Waals surface area (Å²) in [5.74, 6) is -0.931. The zero-order chi connectivity index (χ0) is 13.6. The fourth-order valence-electron chi connectivity index (χ4n) is 2.51. The van der Waals surface area contributed by atoms with E-state index in [1.807, 2.05) is 6.92 Å². The summed E-state index contributed by atoms with van der Waals surface area (Å²) >= 11 is 0. The van der Waals surface area contributed by atoms with E-state index in [4.69, 9.17) is 4.74 Å². The van der Waals surface area contributed by atoms with Crippen molar-refractivity contribution in [1.29, 1.82) is 0 Å². The highest BCUT2D eigenvalue weighted by atomic mass is 16.6. The second-order valence-corrected chi connectivity index (χ2v) is 4.56. The van der Waals surface area contributed by atoms with Gasteiger partial charge in [-0.2, -0.15) is 0 Å². The fourth-order valence-corrected chi connectivity index (χ4v) is 2.51. The minimum absolute atomic E-state index is 0.108. The number of carbonyl (C=O) groups is 2. The number of piperidine rings is 1. The van der Waals surface area contributed by atoms with Crippen molar-refractivity contribution in [1.82, 2.24) is 4.90 Å². The summed E-state index contributed by atoms with van der Waals surface area (Å²) in [5.41, 5.74) is -1.09. The third-order valence-corrected chi connectivity index (χ3v) is 3.35. The van der Waals surface area contributed by atoms with Crippen molar-refractivity contribution >= 4 is 12.1 Å². The molecule has 102 valence electrons. The largest absolute Gasteiger partial charge is 0.479 e. The first kappa shape index (κ1) is 14.5. The molecular weight excluding hydrogens is 234 g/mol. The summed E-state index contributed by atoms with van der Waals surface area (Å²) in [6.45, 7) is 5.95. The molecule has 1 aliphatic heterocycles. The van der Waals surface area contributed by atoms with Gasteiger partial charge in [0.1, 0.15) is 12.1 Å². The topological polar surface area (TPSA) is 66.8 Å². The summed E-state index contributed by atoms with van der Waals surface area (Å²) < 4.78 is 4.99. The molecule has 5 heteroatoms. The molecule has 0 aliphatic carbocycles. The van der Waals surface area contributed by atoms with Crippen molar-refractivity contribution in [3.8, 4) is 0 Å². The maximum atomic E-state index is 11.9. The Morgan fingerprint density at radius 3 is 2.78 bits per heavy atom. The van der Waals surface area contributed by atoms with Crippen LogP contribution in [0.3, 0.4) is 0 Å². The van der Waals surface area contributed by atoms with Gasteiger partial charge in [-0.1, -0.05) is 26.0 Å². The van der Waals surface area contributed by atoms with E-state index in [2.05, 4.69) is 6.58 Å². The molecule has 0 spiro atoms. The molecule has 0 radical (unpaired) electrons. The van der Waals surface area contributed by atoms with Crippen LogP contribution in [0.25, 0.3) is 0 Å². The Morgan fingerprint density at radius 2 is 2.22 bits per heavy atom. The van der Waals surface area contributed by atoms with Crippen LogP contribution in [-0.2, 0) is 9.53 Å². The molecule has 1 unspecified atom stereocenters. The Labute approximate surface area is 107 Å². The highest BCUT2D eigenvalue weighted by molar-refractivity contribution is 5.84. The minimum Gasteiger partial charge on any atom is -0.479 e. The van der Waals surface area contributed by atoms with Crippen LogP contribution in [-0.4, -0.2) is 40.8 Å². The van der Waals surface area contributed by atoms with Gasteiger partial charge in [0, 0.05) is 6.54 Å². The number of nitrogens with zero attached hydrogens (tertiary/aromatic N) is 1. The number of aliphatic carboxylic acids is 1. The first-order chi connectivity index (χ1) is 8.58. The summed E-state index contributed by atoms with van der Waals surface area (Å²) in [5, 5.41) is 9.49. The lowest BCUT2D eigenvalue weighted by atomic mass is 9.83. The number of likely N-dealkylation sites (tertiary alicyclic amines) is 1. The van der Waals surface area contributed by atoms with Crippen molar-refractivity contribution < 1.29 is 19.4 Å². The number of carboxylic acid groups (broad SMARTS) is 1. The molecule has 1 aliphatic rings. The molecule has 1 amide bonds. The van der Waals surface area contributed by atoms with E-state index in [0.29, 0.717) is 19.4 Å². The molecule has 1 saturated heterocycles. The molecule has 18 heavy (non-hydrogen) atoms. The van der Waals surface area contributed by atoms with Gasteiger partial charge >= 0.3 is 12.1 Å². The van der Waals surface area contributed by atoms with Crippen LogP contribution in [0.15, 0.2) is 12.7 Å². The lowest BCUT2D eigenvalue weighted by Crippen LogP contribution is -2.59. The van der Waals surface area contributed by atoms with Crippen LogP contribution in [0.5, 0.6) is 0 Å². The van der Waals surface area contributed by atoms with Gasteiger partial charge in [-0.15, -0.1) is 0 Å². The third-order valence-electron chi connectivity index (χ3n) is 3.35. The highest BCUT2D eigenvalue weighted by Crippen LogP contribution is 2.33. The number of carboxylic acids is 1. The molecule has 0 bridgehead atoms. The van der Waals surface area contributed by atoms with Gasteiger partial charge in [-0.3, -0.25) is 4.90 Å². The van der Waals surface area contributed by atoms with Crippen LogP contribution < -0.4 is 0 Å². The third kappa shape index (κ3) is 2.83. The van der Waals surface area contributed by atoms with Crippen LogP contribution >= 0.6 is 0 Å². The predicted molar refractivity (Wildman–Crippen MR) is 67.4 cm³/mol. The van der Waals surface area contributed by atoms with Gasteiger partial charge in [0.25, 0.3) is 0 Å². The van der Waals surface area contributed by atoms with E-state index >= 15 is 0 Å². The lowest BCUT2D eigenvalue weighted by molar-refractivity contribution is -0.153. The molecule has 0 saturated carbocycles. The fraction of sp³-hybridized carbons (Fsp3) is 0.692. The molecule has 1 heterocycles. The molecule has 0 aromatic heterocycles. The Kier molecular flexibility index (Phi) is 5.19. The van der Waals surface area contributed by atoms with Crippen LogP contribution in [0, 0.1) is 0 Å². The monoisotopic (exact) mass is 255 g/mol.